The molecule has 2 aromatic carbocycles. The van der Waals surface area contributed by atoms with E-state index in [-0.39, 0.29) is 44.2 Å². The van der Waals surface area contributed by atoms with Crippen LogP contribution in [-0.4, -0.2) is 43.8 Å². The molecule has 0 amide bonds. The molecule has 0 fully saturated rings. The number of carbonyl (C=O) groups excluding carboxylic acids is 1. The fourth-order valence-electron chi connectivity index (χ4n) is 5.07. The summed E-state index contributed by atoms with van der Waals surface area (Å²) >= 11 is 0. The highest BCUT2D eigenvalue weighted by molar-refractivity contribution is 8.23. The van der Waals surface area contributed by atoms with Gasteiger partial charge in [-0.15, -0.1) is 4.40 Å². The topological polar surface area (TPSA) is 166 Å². The van der Waals surface area contributed by atoms with Crippen LogP contribution in [0.25, 0.3) is 5.76 Å². The second kappa shape index (κ2) is 10.0. The number of aromatic nitrogens is 2. The van der Waals surface area contributed by atoms with Gasteiger partial charge in [-0.2, -0.15) is 8.42 Å². The summed E-state index contributed by atoms with van der Waals surface area (Å²) in [5.41, 5.74) is 0.365. The molecule has 5 rings (SSSR count). The number of aliphatic hydroxyl groups excluding tert-OH is 1. The van der Waals surface area contributed by atoms with Crippen molar-refractivity contribution in [1.82, 2.24) is 9.55 Å². The molecule has 1 aromatic heterocycles. The summed E-state index contributed by atoms with van der Waals surface area (Å²) in [5.74, 6) is 0.00488. The van der Waals surface area contributed by atoms with Gasteiger partial charge in [0.25, 0.3) is 10.0 Å². The van der Waals surface area contributed by atoms with Crippen molar-refractivity contribution in [2.75, 3.05) is 10.0 Å². The zero-order valence-corrected chi connectivity index (χ0v) is 25.0. The van der Waals surface area contributed by atoms with E-state index in [4.69, 9.17) is 0 Å². The summed E-state index contributed by atoms with van der Waals surface area (Å²) in [6.45, 7) is 7.65. The van der Waals surface area contributed by atoms with Crippen LogP contribution in [0.5, 0.6) is 0 Å². The van der Waals surface area contributed by atoms with Gasteiger partial charge in [0.15, 0.2) is 16.6 Å². The zero-order valence-electron chi connectivity index (χ0n) is 23.3. The van der Waals surface area contributed by atoms with Crippen LogP contribution in [0.2, 0.25) is 0 Å². The van der Waals surface area contributed by atoms with Crippen molar-refractivity contribution in [1.29, 1.82) is 0 Å². The number of sulfonamides is 1. The maximum absolute atomic E-state index is 14.0. The first-order valence-electron chi connectivity index (χ1n) is 13.0. The van der Waals surface area contributed by atoms with Crippen molar-refractivity contribution in [3.63, 3.8) is 0 Å². The van der Waals surface area contributed by atoms with Crippen LogP contribution in [0.3, 0.4) is 0 Å². The molecule has 41 heavy (non-hydrogen) atoms. The number of carbonyl (C=O) groups is 1. The second-order valence-corrected chi connectivity index (χ2v) is 14.3. The van der Waals surface area contributed by atoms with Gasteiger partial charge in [0, 0.05) is 18.8 Å². The quantitative estimate of drug-likeness (QED) is 0.233. The van der Waals surface area contributed by atoms with Crippen LogP contribution in [-0.2, 0) is 27.3 Å². The van der Waals surface area contributed by atoms with E-state index in [1.165, 1.54) is 24.4 Å². The molecule has 0 radical (unpaired) electrons. The summed E-state index contributed by atoms with van der Waals surface area (Å²) in [6, 6.07) is 11.3. The number of imidazole rings is 1. The number of hydrogen-bond donors (Lipinski definition) is 5. The normalized spacial score (nSPS) is 20.7. The van der Waals surface area contributed by atoms with Gasteiger partial charge in [-0.1, -0.05) is 48.9 Å². The summed E-state index contributed by atoms with van der Waals surface area (Å²) in [4.78, 5) is 18.0. The van der Waals surface area contributed by atoms with Crippen LogP contribution in [0.1, 0.15) is 50.6 Å². The zero-order chi connectivity index (χ0) is 29.9. The van der Waals surface area contributed by atoms with Gasteiger partial charge in [-0.05, 0) is 56.4 Å². The third kappa shape index (κ3) is 5.03. The molecule has 1 aliphatic heterocycles. The minimum absolute atomic E-state index is 0.0648. The van der Waals surface area contributed by atoms with Gasteiger partial charge in [0.05, 0.1) is 16.8 Å². The lowest BCUT2D eigenvalue weighted by atomic mass is 9.66. The monoisotopic (exact) mass is 599 g/mol. The highest BCUT2D eigenvalue weighted by atomic mass is 32.3. The molecule has 1 atom stereocenters. The Morgan fingerprint density at radius 1 is 1.17 bits per heavy atom. The molecule has 0 bridgehead atoms. The van der Waals surface area contributed by atoms with Crippen molar-refractivity contribution in [3.8, 4) is 0 Å². The van der Waals surface area contributed by atoms with E-state index in [0.29, 0.717) is 29.3 Å². The number of aliphatic hydroxyl groups is 1. The van der Waals surface area contributed by atoms with Crippen molar-refractivity contribution >= 4 is 49.6 Å². The van der Waals surface area contributed by atoms with Crippen LogP contribution in [0.4, 0.5) is 11.4 Å². The number of rotatable bonds is 7. The maximum Gasteiger partial charge on any atom is 0.280 e. The highest BCUT2D eigenvalue weighted by Crippen LogP contribution is 2.57. The fourth-order valence-corrected chi connectivity index (χ4v) is 7.35. The first kappa shape index (κ1) is 28.9. The van der Waals surface area contributed by atoms with E-state index in [0.717, 1.165) is 6.42 Å². The van der Waals surface area contributed by atoms with Gasteiger partial charge in [0.1, 0.15) is 22.1 Å². The minimum atomic E-state index is -4.05. The molecule has 2 heterocycles. The number of nitrogens with one attached hydrogen (secondary N) is 2. The predicted octanol–water partition coefficient (Wildman–Crippen LogP) is 5.62. The van der Waals surface area contributed by atoms with E-state index in [1.54, 1.807) is 30.7 Å². The number of ketones is 1. The van der Waals surface area contributed by atoms with Crippen LogP contribution in [0, 0.1) is 12.8 Å². The smallest absolute Gasteiger partial charge is 0.280 e. The maximum atomic E-state index is 14.0. The molecule has 2 aliphatic rings. The minimum Gasteiger partial charge on any atom is -0.506 e. The second-order valence-electron chi connectivity index (χ2n) is 11.0. The first-order valence-corrected chi connectivity index (χ1v) is 16.0. The van der Waals surface area contributed by atoms with E-state index < -0.39 is 26.2 Å². The SMILES string of the molecule is Cc1nc(S(=O)(=O)Nc2ccc3c(c2)S(O)(O)N=C(C2=C(O)c4ccccc4C(C)(CCC(C)C)C2=O)N3)cn1C. The number of amidine groups is 1. The Labute approximate surface area is 240 Å². The number of aryl methyl sites for hydroxylation is 2. The van der Waals surface area contributed by atoms with Gasteiger partial charge in [0.2, 0.25) is 0 Å². The Bertz CT molecular complexity index is 1720. The number of hydrogen-bond acceptors (Lipinski definition) is 9. The lowest BCUT2D eigenvalue weighted by molar-refractivity contribution is -0.120. The lowest BCUT2D eigenvalue weighted by Gasteiger charge is -2.39. The number of anilines is 2. The Kier molecular flexibility index (Phi) is 7.05. The lowest BCUT2D eigenvalue weighted by Crippen LogP contribution is -2.42. The van der Waals surface area contributed by atoms with E-state index in [2.05, 4.69) is 33.3 Å². The van der Waals surface area contributed by atoms with Crippen LogP contribution in [0.15, 0.2) is 68.6 Å². The molecular formula is C28H33N5O6S2. The number of benzene rings is 2. The molecule has 0 spiro atoms. The summed E-state index contributed by atoms with van der Waals surface area (Å²) in [7, 11) is -6.28. The molecule has 0 saturated heterocycles. The molecule has 1 unspecified atom stereocenters. The number of nitrogens with zero attached hydrogens (tertiary/aromatic N) is 3. The average molecular weight is 600 g/mol. The van der Waals surface area contributed by atoms with E-state index in [1.807, 2.05) is 19.1 Å². The van der Waals surface area contributed by atoms with E-state index >= 15 is 0 Å². The summed E-state index contributed by atoms with van der Waals surface area (Å²) < 4.78 is 56.0. The summed E-state index contributed by atoms with van der Waals surface area (Å²) in [6.07, 6.45) is 2.66. The van der Waals surface area contributed by atoms with Crippen molar-refractivity contribution < 1.29 is 27.4 Å². The van der Waals surface area contributed by atoms with Crippen molar-refractivity contribution in [3.05, 3.63) is 71.2 Å². The molecule has 1 aliphatic carbocycles. The predicted molar refractivity (Wildman–Crippen MR) is 160 cm³/mol. The molecular weight excluding hydrogens is 566 g/mol. The molecule has 218 valence electrons. The standard InChI is InChI=1S/C28H33N5O6S2/c1-16(2)12-13-28(4)20-9-7-6-8-19(20)25(34)24(26(28)35)27-30-21-11-10-18(14-22(21)40(36,37)32-27)31-41(38,39)23-15-33(5)17(3)29-23/h6-11,14-16,31,34,36-37H,12-13H2,1-5H3,(H,30,32). The van der Waals surface area contributed by atoms with Gasteiger partial charge >= 0.3 is 0 Å². The first-order chi connectivity index (χ1) is 19.1. The van der Waals surface area contributed by atoms with Crippen molar-refractivity contribution in [2.45, 2.75) is 55.9 Å². The molecule has 5 N–H and O–H groups in total. The Morgan fingerprint density at radius 3 is 2.54 bits per heavy atom. The largest absolute Gasteiger partial charge is 0.506 e. The molecule has 0 saturated carbocycles. The van der Waals surface area contributed by atoms with Gasteiger partial charge in [-0.25, -0.2) is 4.98 Å². The average Bonchev–Trinajstić information content (AvgIpc) is 3.25. The summed E-state index contributed by atoms with van der Waals surface area (Å²) in [5, 5.41) is 14.1. The third-order valence-corrected chi connectivity index (χ3v) is 10.2. The molecule has 3 aromatic rings. The van der Waals surface area contributed by atoms with E-state index in [9.17, 15) is 27.4 Å². The number of fused-ring (bicyclic) bond motifs is 2. The van der Waals surface area contributed by atoms with Gasteiger partial charge in [-0.3, -0.25) is 18.6 Å². The van der Waals surface area contributed by atoms with Crippen LogP contribution < -0.4 is 10.0 Å². The molecule has 13 heteroatoms. The number of Topliss-reactive ketones (excluding diaryl/α,β-unsaturated/α-hetero) is 1. The highest BCUT2D eigenvalue weighted by Gasteiger charge is 2.46. The Balaban J connectivity index is 1.53. The van der Waals surface area contributed by atoms with Crippen molar-refractivity contribution in [2.24, 2.45) is 17.4 Å². The third-order valence-electron chi connectivity index (χ3n) is 7.56. The van der Waals surface area contributed by atoms with Gasteiger partial charge < -0.3 is 15.0 Å². The molecule has 11 nitrogen and oxygen atoms in total. The van der Waals surface area contributed by atoms with Crippen LogP contribution >= 0.6 is 10.8 Å². The Hall–Kier alpha value is -3.65. The Morgan fingerprint density at radius 2 is 1.88 bits per heavy atom. The fraction of sp³-hybridized carbons (Fsp3) is 0.321.